The Morgan fingerprint density at radius 1 is 1.05 bits per heavy atom. The first-order chi connectivity index (χ1) is 10.7. The van der Waals surface area contributed by atoms with Gasteiger partial charge in [0.1, 0.15) is 11.3 Å². The molecule has 0 amide bonds. The van der Waals surface area contributed by atoms with Crippen LogP contribution in [0.25, 0.3) is 28.4 Å². The molecule has 0 spiro atoms. The highest BCUT2D eigenvalue weighted by Gasteiger charge is 2.13. The molecule has 2 heteroatoms. The summed E-state index contributed by atoms with van der Waals surface area (Å²) in [5, 5.41) is 0.587. The Kier molecular flexibility index (Phi) is 3.75. The van der Waals surface area contributed by atoms with Gasteiger partial charge < -0.3 is 4.42 Å². The lowest BCUT2D eigenvalue weighted by atomic mass is 10.0. The van der Waals surface area contributed by atoms with Crippen LogP contribution < -0.4 is 5.43 Å². The van der Waals surface area contributed by atoms with Crippen molar-refractivity contribution >= 4 is 17.0 Å². The minimum Gasteiger partial charge on any atom is -0.455 e. The van der Waals surface area contributed by atoms with E-state index in [1.807, 2.05) is 61.5 Å². The first-order valence-electron chi connectivity index (χ1n) is 7.11. The fourth-order valence-corrected chi connectivity index (χ4v) is 2.34. The Morgan fingerprint density at radius 3 is 2.45 bits per heavy atom. The molecule has 1 heterocycles. The van der Waals surface area contributed by atoms with Gasteiger partial charge in [-0.1, -0.05) is 60.7 Å². The summed E-state index contributed by atoms with van der Waals surface area (Å²) in [6.07, 6.45) is 3.61. The van der Waals surface area contributed by atoms with Crippen LogP contribution in [0.3, 0.4) is 0 Å². The van der Waals surface area contributed by atoms with Crippen LogP contribution in [0.5, 0.6) is 0 Å². The van der Waals surface area contributed by atoms with E-state index in [0.717, 1.165) is 11.1 Å². The third-order valence-corrected chi connectivity index (χ3v) is 3.40. The summed E-state index contributed by atoms with van der Waals surface area (Å²) in [6, 6.07) is 17.0. The maximum atomic E-state index is 12.8. The van der Waals surface area contributed by atoms with Crippen molar-refractivity contribution in [3.05, 3.63) is 88.6 Å². The number of benzene rings is 2. The Labute approximate surface area is 129 Å². The molecule has 2 nitrogen and oxygen atoms in total. The molecule has 2 aromatic carbocycles. The second-order valence-electron chi connectivity index (χ2n) is 5.22. The lowest BCUT2D eigenvalue weighted by Crippen LogP contribution is -2.07. The number of para-hydroxylation sites is 1. The van der Waals surface area contributed by atoms with Gasteiger partial charge in [-0.2, -0.15) is 0 Å². The van der Waals surface area contributed by atoms with Crippen molar-refractivity contribution in [1.82, 2.24) is 0 Å². The predicted octanol–water partition coefficient (Wildman–Crippen LogP) is 5.05. The Balaban J connectivity index is 2.36. The average molecular weight is 288 g/mol. The highest BCUT2D eigenvalue weighted by atomic mass is 16.3. The lowest BCUT2D eigenvalue weighted by Gasteiger charge is -2.07. The predicted molar refractivity (Wildman–Crippen MR) is 91.8 cm³/mol. The molecule has 0 bridgehead atoms. The maximum Gasteiger partial charge on any atom is 0.200 e. The van der Waals surface area contributed by atoms with Crippen LogP contribution in [-0.4, -0.2) is 0 Å². The van der Waals surface area contributed by atoms with Crippen LogP contribution in [0, 0.1) is 0 Å². The van der Waals surface area contributed by atoms with Gasteiger partial charge in [-0.05, 0) is 25.1 Å². The van der Waals surface area contributed by atoms with E-state index in [1.54, 1.807) is 12.1 Å². The van der Waals surface area contributed by atoms with Crippen molar-refractivity contribution in [3.63, 3.8) is 0 Å². The summed E-state index contributed by atoms with van der Waals surface area (Å²) < 4.78 is 6.01. The molecular formula is C20H16O2. The molecule has 0 aliphatic heterocycles. The topological polar surface area (TPSA) is 30.2 Å². The van der Waals surface area contributed by atoms with Gasteiger partial charge in [0.05, 0.1) is 10.9 Å². The van der Waals surface area contributed by atoms with Crippen LogP contribution in [-0.2, 0) is 0 Å². The van der Waals surface area contributed by atoms with Crippen LogP contribution >= 0.6 is 0 Å². The van der Waals surface area contributed by atoms with Crippen molar-refractivity contribution in [2.75, 3.05) is 0 Å². The van der Waals surface area contributed by atoms with Crippen LogP contribution in [0.15, 0.2) is 82.0 Å². The molecule has 0 unspecified atom stereocenters. The minimum absolute atomic E-state index is 0.0294. The van der Waals surface area contributed by atoms with Gasteiger partial charge in [0.25, 0.3) is 0 Å². The second-order valence-corrected chi connectivity index (χ2v) is 5.22. The minimum atomic E-state index is -0.0294. The maximum absolute atomic E-state index is 12.8. The van der Waals surface area contributed by atoms with Gasteiger partial charge in [0, 0.05) is 5.56 Å². The molecule has 0 radical (unpaired) electrons. The number of rotatable bonds is 3. The van der Waals surface area contributed by atoms with Gasteiger partial charge in [-0.3, -0.25) is 4.79 Å². The fourth-order valence-electron chi connectivity index (χ4n) is 2.34. The number of fused-ring (bicyclic) bond motifs is 1. The Morgan fingerprint density at radius 2 is 1.73 bits per heavy atom. The standard InChI is InChI=1S/C20H16O2/c1-14(2)12-13-17-19(21)16-10-6-7-11-18(16)22-20(17)15-8-4-3-5-9-15/h3-13H,1H2,2H3. The summed E-state index contributed by atoms with van der Waals surface area (Å²) >= 11 is 0. The molecule has 3 aromatic rings. The molecule has 0 N–H and O–H groups in total. The summed E-state index contributed by atoms with van der Waals surface area (Å²) in [4.78, 5) is 12.8. The first kappa shape index (κ1) is 14.1. The van der Waals surface area contributed by atoms with Crippen molar-refractivity contribution in [2.24, 2.45) is 0 Å². The number of allylic oxidation sites excluding steroid dienone is 2. The van der Waals surface area contributed by atoms with Crippen molar-refractivity contribution < 1.29 is 4.42 Å². The zero-order chi connectivity index (χ0) is 15.5. The normalized spacial score (nSPS) is 11.1. The van der Waals surface area contributed by atoms with E-state index in [9.17, 15) is 4.79 Å². The zero-order valence-electron chi connectivity index (χ0n) is 12.4. The summed E-state index contributed by atoms with van der Waals surface area (Å²) in [5.74, 6) is 0.585. The monoisotopic (exact) mass is 288 g/mol. The lowest BCUT2D eigenvalue weighted by molar-refractivity contribution is 0.617. The third kappa shape index (κ3) is 2.63. The number of hydrogen-bond acceptors (Lipinski definition) is 2. The largest absolute Gasteiger partial charge is 0.455 e. The highest BCUT2D eigenvalue weighted by Crippen LogP contribution is 2.26. The van der Waals surface area contributed by atoms with Crippen molar-refractivity contribution in [1.29, 1.82) is 0 Å². The quantitative estimate of drug-likeness (QED) is 0.631. The molecule has 0 saturated carbocycles. The summed E-state index contributed by atoms with van der Waals surface area (Å²) in [7, 11) is 0. The van der Waals surface area contributed by atoms with Gasteiger partial charge >= 0.3 is 0 Å². The average Bonchev–Trinajstić information content (AvgIpc) is 2.54. The highest BCUT2D eigenvalue weighted by molar-refractivity contribution is 5.84. The van der Waals surface area contributed by atoms with Crippen molar-refractivity contribution in [3.8, 4) is 11.3 Å². The molecule has 108 valence electrons. The Hall–Kier alpha value is -2.87. The SMILES string of the molecule is C=C(C)C=Cc1c(-c2ccccc2)oc2ccccc2c1=O. The summed E-state index contributed by atoms with van der Waals surface area (Å²) in [6.45, 7) is 5.74. The zero-order valence-corrected chi connectivity index (χ0v) is 12.4. The van der Waals surface area contributed by atoms with Crippen molar-refractivity contribution in [2.45, 2.75) is 6.92 Å². The molecular weight excluding hydrogens is 272 g/mol. The molecule has 0 fully saturated rings. The van der Waals surface area contributed by atoms with E-state index in [0.29, 0.717) is 22.3 Å². The van der Waals surface area contributed by atoms with Crippen LogP contribution in [0.4, 0.5) is 0 Å². The molecule has 1 aromatic heterocycles. The van der Waals surface area contributed by atoms with Gasteiger partial charge in [0.2, 0.25) is 5.43 Å². The fraction of sp³-hybridized carbons (Fsp3) is 0.0500. The summed E-state index contributed by atoms with van der Waals surface area (Å²) in [5.41, 5.74) is 2.88. The molecule has 22 heavy (non-hydrogen) atoms. The van der Waals surface area contributed by atoms with Gasteiger partial charge in [-0.25, -0.2) is 0 Å². The van der Waals surface area contributed by atoms with Gasteiger partial charge in [-0.15, -0.1) is 0 Å². The molecule has 0 aliphatic rings. The van der Waals surface area contributed by atoms with E-state index in [-0.39, 0.29) is 5.43 Å². The van der Waals surface area contributed by atoms with E-state index >= 15 is 0 Å². The van der Waals surface area contributed by atoms with E-state index in [2.05, 4.69) is 6.58 Å². The van der Waals surface area contributed by atoms with E-state index in [4.69, 9.17) is 4.42 Å². The number of hydrogen-bond donors (Lipinski definition) is 0. The van der Waals surface area contributed by atoms with Crippen LogP contribution in [0.2, 0.25) is 0 Å². The van der Waals surface area contributed by atoms with Gasteiger partial charge in [0.15, 0.2) is 0 Å². The smallest absolute Gasteiger partial charge is 0.200 e. The van der Waals surface area contributed by atoms with E-state index < -0.39 is 0 Å². The first-order valence-corrected chi connectivity index (χ1v) is 7.11. The molecule has 0 saturated heterocycles. The molecule has 0 aliphatic carbocycles. The van der Waals surface area contributed by atoms with Crippen LogP contribution in [0.1, 0.15) is 12.5 Å². The third-order valence-electron chi connectivity index (χ3n) is 3.40. The van der Waals surface area contributed by atoms with E-state index in [1.165, 1.54) is 0 Å². The molecule has 3 rings (SSSR count). The Bertz CT molecular complexity index is 915. The molecule has 0 atom stereocenters. The second kappa shape index (κ2) is 5.86.